The van der Waals surface area contributed by atoms with E-state index in [2.05, 4.69) is 21.4 Å². The van der Waals surface area contributed by atoms with E-state index in [0.29, 0.717) is 5.56 Å². The van der Waals surface area contributed by atoms with E-state index in [1.807, 2.05) is 30.3 Å². The third kappa shape index (κ3) is 3.75. The van der Waals surface area contributed by atoms with Gasteiger partial charge in [-0.15, -0.1) is 11.8 Å². The fraction of sp³-hybridized carbons (Fsp3) is 0.0714. The highest BCUT2D eigenvalue weighted by Gasteiger charge is 2.04. The molecule has 2 aromatic rings. The predicted molar refractivity (Wildman–Crippen MR) is 86.2 cm³/mol. The van der Waals surface area contributed by atoms with Crippen molar-refractivity contribution < 1.29 is 4.79 Å². The number of benzene rings is 2. The minimum atomic E-state index is -0.290. The van der Waals surface area contributed by atoms with Crippen LogP contribution in [-0.4, -0.2) is 5.91 Å². The monoisotopic (exact) mass is 351 g/mol. The number of hydrazine groups is 1. The van der Waals surface area contributed by atoms with E-state index in [1.165, 1.54) is 0 Å². The first-order valence-electron chi connectivity index (χ1n) is 5.88. The highest BCUT2D eigenvalue weighted by Crippen LogP contribution is 2.30. The number of hydrogen-bond donors (Lipinski definition) is 3. The normalized spacial score (nSPS) is 10.3. The molecule has 0 saturated heterocycles. The molecule has 0 aliphatic carbocycles. The zero-order valence-corrected chi connectivity index (χ0v) is 13.0. The van der Waals surface area contributed by atoms with Gasteiger partial charge in [0.2, 0.25) is 0 Å². The molecule has 0 spiro atoms. The lowest BCUT2D eigenvalue weighted by Crippen LogP contribution is -2.29. The smallest absolute Gasteiger partial charge is 0.265 e. The molecule has 0 aliphatic heterocycles. The Morgan fingerprint density at radius 2 is 1.90 bits per heavy atom. The van der Waals surface area contributed by atoms with E-state index in [0.717, 1.165) is 26.4 Å². The summed E-state index contributed by atoms with van der Waals surface area (Å²) in [6.45, 7) is 0. The maximum atomic E-state index is 11.3. The van der Waals surface area contributed by atoms with E-state index >= 15 is 0 Å². The molecule has 2 rings (SSSR count). The Bertz CT molecular complexity index is 616. The second kappa shape index (κ2) is 6.78. The van der Waals surface area contributed by atoms with Gasteiger partial charge in [-0.2, -0.15) is 0 Å². The summed E-state index contributed by atoms with van der Waals surface area (Å²) in [4.78, 5) is 12.4. The Morgan fingerprint density at radius 1 is 1.20 bits per heavy atom. The van der Waals surface area contributed by atoms with Crippen LogP contribution in [0.3, 0.4) is 0 Å². The topological polar surface area (TPSA) is 81.1 Å². The first-order valence-corrected chi connectivity index (χ1v) is 7.65. The molecular weight excluding hydrogens is 338 g/mol. The van der Waals surface area contributed by atoms with Gasteiger partial charge >= 0.3 is 0 Å². The van der Waals surface area contributed by atoms with Crippen LogP contribution in [0.5, 0.6) is 0 Å². The number of carbonyl (C=O) groups excluding carboxylic acids is 1. The number of nitrogens with two attached hydrogens (primary N) is 2. The molecule has 1 amide bonds. The van der Waals surface area contributed by atoms with Crippen LogP contribution in [0.1, 0.15) is 15.9 Å². The van der Waals surface area contributed by atoms with Crippen LogP contribution in [0, 0.1) is 0 Å². The molecule has 0 unspecified atom stereocenters. The molecule has 6 heteroatoms. The first-order chi connectivity index (χ1) is 9.60. The van der Waals surface area contributed by atoms with Gasteiger partial charge in [0.25, 0.3) is 5.91 Å². The predicted octanol–water partition coefficient (Wildman–Crippen LogP) is 2.93. The van der Waals surface area contributed by atoms with Gasteiger partial charge in [0.15, 0.2) is 0 Å². The maximum Gasteiger partial charge on any atom is 0.265 e. The summed E-state index contributed by atoms with van der Waals surface area (Å²) in [5.41, 5.74) is 10.5. The lowest BCUT2D eigenvalue weighted by atomic mass is 10.1. The summed E-state index contributed by atoms with van der Waals surface area (Å²) in [5, 5.41) is 0. The second-order valence-corrected chi connectivity index (χ2v) is 6.07. The lowest BCUT2D eigenvalue weighted by Gasteiger charge is -2.06. The Kier molecular flexibility index (Phi) is 5.05. The molecule has 0 fully saturated rings. The van der Waals surface area contributed by atoms with Crippen LogP contribution in [-0.2, 0) is 5.75 Å². The number of carbonyl (C=O) groups is 1. The molecule has 5 N–H and O–H groups in total. The molecular formula is C14H14BrN3OS. The van der Waals surface area contributed by atoms with Crippen molar-refractivity contribution >= 4 is 39.3 Å². The molecule has 0 radical (unpaired) electrons. The van der Waals surface area contributed by atoms with Crippen LogP contribution in [0.25, 0.3) is 0 Å². The number of thioether (sulfide) groups is 1. The Labute approximate surface area is 130 Å². The summed E-state index contributed by atoms with van der Waals surface area (Å²) in [6, 6.07) is 13.2. The number of nitrogens with one attached hydrogen (secondary N) is 1. The summed E-state index contributed by atoms with van der Waals surface area (Å²) in [7, 11) is 0. The van der Waals surface area contributed by atoms with Gasteiger partial charge in [0.1, 0.15) is 0 Å². The number of hydrogen-bond acceptors (Lipinski definition) is 4. The molecule has 0 atom stereocenters. The summed E-state index contributed by atoms with van der Waals surface area (Å²) in [5.74, 6) is 5.58. The average molecular weight is 352 g/mol. The molecule has 0 bridgehead atoms. The average Bonchev–Trinajstić information content (AvgIpc) is 2.46. The minimum absolute atomic E-state index is 0.290. The largest absolute Gasteiger partial charge is 0.398 e. The van der Waals surface area contributed by atoms with Gasteiger partial charge in [-0.1, -0.05) is 28.1 Å². The summed E-state index contributed by atoms with van der Waals surface area (Å²) >= 11 is 5.04. The van der Waals surface area contributed by atoms with Gasteiger partial charge in [-0.05, 0) is 35.9 Å². The third-order valence-corrected chi connectivity index (χ3v) is 4.37. The molecule has 0 saturated carbocycles. The van der Waals surface area contributed by atoms with Crippen molar-refractivity contribution in [1.29, 1.82) is 0 Å². The van der Waals surface area contributed by atoms with Crippen LogP contribution in [0.4, 0.5) is 5.69 Å². The fourth-order valence-electron chi connectivity index (χ4n) is 1.65. The molecule has 2 aromatic carbocycles. The number of rotatable bonds is 4. The molecule has 4 nitrogen and oxygen atoms in total. The second-order valence-electron chi connectivity index (χ2n) is 4.14. The van der Waals surface area contributed by atoms with Gasteiger partial charge in [-0.3, -0.25) is 10.2 Å². The fourth-order valence-corrected chi connectivity index (χ4v) is 2.93. The van der Waals surface area contributed by atoms with Crippen LogP contribution in [0.15, 0.2) is 51.8 Å². The summed E-state index contributed by atoms with van der Waals surface area (Å²) in [6.07, 6.45) is 0. The Morgan fingerprint density at radius 3 is 2.50 bits per heavy atom. The number of anilines is 1. The van der Waals surface area contributed by atoms with E-state index in [-0.39, 0.29) is 5.91 Å². The zero-order chi connectivity index (χ0) is 14.5. The lowest BCUT2D eigenvalue weighted by molar-refractivity contribution is 0.0953. The number of nitrogen functional groups attached to an aromatic ring is 2. The van der Waals surface area contributed by atoms with Gasteiger partial charge in [-0.25, -0.2) is 5.84 Å². The van der Waals surface area contributed by atoms with Crippen molar-refractivity contribution in [1.82, 2.24) is 5.43 Å². The summed E-state index contributed by atoms with van der Waals surface area (Å²) < 4.78 is 0.969. The van der Waals surface area contributed by atoms with Crippen LogP contribution < -0.4 is 17.0 Å². The number of amides is 1. The molecule has 0 heterocycles. The molecule has 0 aliphatic rings. The van der Waals surface area contributed by atoms with Crippen LogP contribution in [0.2, 0.25) is 0 Å². The minimum Gasteiger partial charge on any atom is -0.398 e. The van der Waals surface area contributed by atoms with Gasteiger partial charge in [0.05, 0.1) is 0 Å². The van der Waals surface area contributed by atoms with E-state index in [9.17, 15) is 4.79 Å². The zero-order valence-electron chi connectivity index (χ0n) is 10.6. The molecule has 20 heavy (non-hydrogen) atoms. The van der Waals surface area contributed by atoms with Crippen molar-refractivity contribution in [3.05, 3.63) is 58.1 Å². The van der Waals surface area contributed by atoms with E-state index in [1.54, 1.807) is 23.9 Å². The molecule has 0 aromatic heterocycles. The standard InChI is InChI=1S/C14H14BrN3OS/c15-11-5-6-13(12(16)7-11)20-8-9-1-3-10(4-2-9)14(19)18-17/h1-7H,8,16-17H2,(H,18,19). The first kappa shape index (κ1) is 14.9. The quantitative estimate of drug-likeness (QED) is 0.260. The highest BCUT2D eigenvalue weighted by atomic mass is 79.9. The Balaban J connectivity index is 2.02. The van der Waals surface area contributed by atoms with Crippen molar-refractivity contribution in [3.8, 4) is 0 Å². The van der Waals surface area contributed by atoms with Gasteiger partial charge < -0.3 is 5.73 Å². The van der Waals surface area contributed by atoms with Crippen molar-refractivity contribution in [2.45, 2.75) is 10.6 Å². The number of halogens is 1. The van der Waals surface area contributed by atoms with Gasteiger partial charge in [0, 0.05) is 26.4 Å². The van der Waals surface area contributed by atoms with Crippen molar-refractivity contribution in [3.63, 3.8) is 0 Å². The Hall–Kier alpha value is -1.50. The SMILES string of the molecule is NNC(=O)c1ccc(CSc2ccc(Br)cc2N)cc1. The van der Waals surface area contributed by atoms with E-state index < -0.39 is 0 Å². The van der Waals surface area contributed by atoms with Crippen LogP contribution >= 0.6 is 27.7 Å². The van der Waals surface area contributed by atoms with E-state index in [4.69, 9.17) is 11.6 Å². The third-order valence-electron chi connectivity index (χ3n) is 2.71. The highest BCUT2D eigenvalue weighted by molar-refractivity contribution is 9.10. The maximum absolute atomic E-state index is 11.3. The van der Waals surface area contributed by atoms with Crippen molar-refractivity contribution in [2.24, 2.45) is 5.84 Å². The van der Waals surface area contributed by atoms with Crippen molar-refractivity contribution in [2.75, 3.05) is 5.73 Å². The molecule has 104 valence electrons.